The lowest BCUT2D eigenvalue weighted by Gasteiger charge is -2.13. The van der Waals surface area contributed by atoms with E-state index in [2.05, 4.69) is 20.3 Å². The Bertz CT molecular complexity index is 957. The Kier molecular flexibility index (Phi) is 5.28. The molecule has 1 aromatic carbocycles. The van der Waals surface area contributed by atoms with Crippen LogP contribution in [0.15, 0.2) is 41.8 Å². The molecule has 0 atom stereocenters. The zero-order valence-electron chi connectivity index (χ0n) is 14.5. The first-order valence-electron chi connectivity index (χ1n) is 7.60. The Morgan fingerprint density at radius 3 is 2.31 bits per heavy atom. The Labute approximate surface area is 155 Å². The van der Waals surface area contributed by atoms with Gasteiger partial charge in [0.25, 0.3) is 0 Å². The van der Waals surface area contributed by atoms with Gasteiger partial charge < -0.3 is 14.2 Å². The minimum atomic E-state index is 0.360. The molecular formula is C17H17N5O3S. The van der Waals surface area contributed by atoms with Crippen molar-refractivity contribution in [3.05, 3.63) is 47.0 Å². The van der Waals surface area contributed by atoms with Crippen molar-refractivity contribution in [2.75, 3.05) is 21.3 Å². The lowest BCUT2D eigenvalue weighted by atomic mass is 10.1. The molecule has 1 N–H and O–H groups in total. The van der Waals surface area contributed by atoms with Crippen LogP contribution < -0.4 is 14.2 Å². The normalized spacial score (nSPS) is 10.9. The van der Waals surface area contributed by atoms with Crippen molar-refractivity contribution in [2.45, 2.75) is 0 Å². The summed E-state index contributed by atoms with van der Waals surface area (Å²) in [5.41, 5.74) is 1.60. The maximum absolute atomic E-state index is 5.39. The van der Waals surface area contributed by atoms with Gasteiger partial charge in [0.05, 0.1) is 27.5 Å². The number of ether oxygens (including phenoxy) is 3. The predicted molar refractivity (Wildman–Crippen MR) is 99.7 cm³/mol. The van der Waals surface area contributed by atoms with Gasteiger partial charge in [-0.15, -0.1) is 0 Å². The maximum Gasteiger partial charge on any atom is 0.216 e. The number of pyridine rings is 1. The van der Waals surface area contributed by atoms with Crippen molar-refractivity contribution in [2.24, 2.45) is 5.10 Å². The Morgan fingerprint density at radius 2 is 1.73 bits per heavy atom. The van der Waals surface area contributed by atoms with Gasteiger partial charge in [0.15, 0.2) is 17.3 Å². The van der Waals surface area contributed by atoms with Gasteiger partial charge in [-0.05, 0) is 42.0 Å². The van der Waals surface area contributed by atoms with E-state index in [0.29, 0.717) is 33.4 Å². The summed E-state index contributed by atoms with van der Waals surface area (Å²) >= 11 is 5.29. The van der Waals surface area contributed by atoms with Gasteiger partial charge in [0, 0.05) is 18.0 Å². The molecule has 0 spiro atoms. The molecule has 0 aliphatic carbocycles. The van der Waals surface area contributed by atoms with E-state index < -0.39 is 0 Å². The first-order chi connectivity index (χ1) is 12.7. The van der Waals surface area contributed by atoms with E-state index in [1.165, 1.54) is 4.68 Å². The number of nitrogens with one attached hydrogen (secondary N) is 1. The standard InChI is InChI=1S/C17H17N5O3S/c1-23-13-8-12(9-14(24-2)15(13)25-3)16-20-21-17(26)22(16)19-10-11-4-6-18-7-5-11/h4-10H,1-3H3,(H,21,26)/b19-10-. The van der Waals surface area contributed by atoms with E-state index in [9.17, 15) is 0 Å². The summed E-state index contributed by atoms with van der Waals surface area (Å²) in [7, 11) is 4.66. The molecule has 0 aliphatic rings. The van der Waals surface area contributed by atoms with Gasteiger partial charge in [0.2, 0.25) is 10.5 Å². The van der Waals surface area contributed by atoms with E-state index in [-0.39, 0.29) is 0 Å². The molecule has 26 heavy (non-hydrogen) atoms. The van der Waals surface area contributed by atoms with E-state index >= 15 is 0 Å². The molecule has 0 fully saturated rings. The third-order valence-electron chi connectivity index (χ3n) is 3.60. The fourth-order valence-corrected chi connectivity index (χ4v) is 2.55. The Balaban J connectivity index is 2.09. The second-order valence-electron chi connectivity index (χ2n) is 5.10. The summed E-state index contributed by atoms with van der Waals surface area (Å²) in [6.45, 7) is 0. The van der Waals surface area contributed by atoms with E-state index in [4.69, 9.17) is 26.4 Å². The minimum Gasteiger partial charge on any atom is -0.493 e. The Hall–Kier alpha value is -3.20. The third-order valence-corrected chi connectivity index (χ3v) is 3.87. The molecule has 0 bridgehead atoms. The fraction of sp³-hybridized carbons (Fsp3) is 0.176. The van der Waals surface area contributed by atoms with Crippen LogP contribution in [0, 0.1) is 4.77 Å². The SMILES string of the molecule is COc1cc(-c2n[nH]c(=S)n2/N=C\c2ccncc2)cc(OC)c1OC. The van der Waals surface area contributed by atoms with Crippen molar-refractivity contribution < 1.29 is 14.2 Å². The molecule has 3 aromatic rings. The smallest absolute Gasteiger partial charge is 0.216 e. The highest BCUT2D eigenvalue weighted by Crippen LogP contribution is 2.40. The highest BCUT2D eigenvalue weighted by molar-refractivity contribution is 7.71. The van der Waals surface area contributed by atoms with Crippen LogP contribution >= 0.6 is 12.2 Å². The molecule has 8 nitrogen and oxygen atoms in total. The van der Waals surface area contributed by atoms with E-state index in [1.807, 2.05) is 12.1 Å². The van der Waals surface area contributed by atoms with Gasteiger partial charge in [-0.2, -0.15) is 14.9 Å². The van der Waals surface area contributed by atoms with Crippen molar-refractivity contribution in [3.8, 4) is 28.6 Å². The average molecular weight is 371 g/mol. The maximum atomic E-state index is 5.39. The number of aromatic nitrogens is 4. The lowest BCUT2D eigenvalue weighted by molar-refractivity contribution is 0.324. The summed E-state index contributed by atoms with van der Waals surface area (Å²) < 4.78 is 18.0. The number of aromatic amines is 1. The van der Waals surface area contributed by atoms with Crippen LogP contribution in [0.4, 0.5) is 0 Å². The number of rotatable bonds is 6. The highest BCUT2D eigenvalue weighted by Gasteiger charge is 2.17. The summed E-state index contributed by atoms with van der Waals surface area (Å²) in [5.74, 6) is 2.04. The van der Waals surface area contributed by atoms with Crippen LogP contribution in [0.2, 0.25) is 0 Å². The number of nitrogens with zero attached hydrogens (tertiary/aromatic N) is 4. The zero-order valence-corrected chi connectivity index (χ0v) is 15.3. The molecule has 0 amide bonds. The van der Waals surface area contributed by atoms with Crippen molar-refractivity contribution in [1.82, 2.24) is 19.9 Å². The lowest BCUT2D eigenvalue weighted by Crippen LogP contribution is -1.99. The van der Waals surface area contributed by atoms with Gasteiger partial charge >= 0.3 is 0 Å². The Morgan fingerprint density at radius 1 is 1.08 bits per heavy atom. The van der Waals surface area contributed by atoms with Gasteiger partial charge in [-0.1, -0.05) is 0 Å². The van der Waals surface area contributed by atoms with Crippen LogP contribution in [0.25, 0.3) is 11.4 Å². The minimum absolute atomic E-state index is 0.360. The molecule has 0 saturated heterocycles. The van der Waals surface area contributed by atoms with Crippen molar-refractivity contribution >= 4 is 18.4 Å². The second-order valence-corrected chi connectivity index (χ2v) is 5.49. The third kappa shape index (κ3) is 3.42. The largest absolute Gasteiger partial charge is 0.493 e. The molecule has 9 heteroatoms. The molecule has 0 radical (unpaired) electrons. The first-order valence-corrected chi connectivity index (χ1v) is 8.01. The average Bonchev–Trinajstić information content (AvgIpc) is 3.06. The molecule has 0 saturated carbocycles. The van der Waals surface area contributed by atoms with Crippen LogP contribution in [0.1, 0.15) is 5.56 Å². The summed E-state index contributed by atoms with van der Waals surface area (Å²) in [6.07, 6.45) is 5.06. The predicted octanol–water partition coefficient (Wildman–Crippen LogP) is 2.91. The number of hydrogen-bond acceptors (Lipinski definition) is 7. The van der Waals surface area contributed by atoms with Gasteiger partial charge in [0.1, 0.15) is 0 Å². The molecule has 0 aliphatic heterocycles. The van der Waals surface area contributed by atoms with Crippen molar-refractivity contribution in [3.63, 3.8) is 0 Å². The zero-order chi connectivity index (χ0) is 18.5. The highest BCUT2D eigenvalue weighted by atomic mass is 32.1. The van der Waals surface area contributed by atoms with Crippen LogP contribution in [-0.4, -0.2) is 47.4 Å². The van der Waals surface area contributed by atoms with Crippen molar-refractivity contribution in [1.29, 1.82) is 0 Å². The van der Waals surface area contributed by atoms with E-state index in [0.717, 1.165) is 5.56 Å². The van der Waals surface area contributed by atoms with E-state index in [1.54, 1.807) is 52.1 Å². The molecular weight excluding hydrogens is 354 g/mol. The van der Waals surface area contributed by atoms with Crippen LogP contribution in [0.5, 0.6) is 17.2 Å². The summed E-state index contributed by atoms with van der Waals surface area (Å²) in [6, 6.07) is 7.24. The number of benzene rings is 1. The first kappa shape index (κ1) is 17.6. The molecule has 2 aromatic heterocycles. The second kappa shape index (κ2) is 7.79. The molecule has 3 rings (SSSR count). The fourth-order valence-electron chi connectivity index (χ4n) is 2.37. The van der Waals surface area contributed by atoms with Gasteiger partial charge in [-0.25, -0.2) is 5.10 Å². The summed E-state index contributed by atoms with van der Waals surface area (Å²) in [4.78, 5) is 3.98. The monoisotopic (exact) mass is 371 g/mol. The summed E-state index contributed by atoms with van der Waals surface area (Å²) in [5, 5.41) is 11.4. The number of H-pyrrole nitrogens is 1. The molecule has 2 heterocycles. The quantitative estimate of drug-likeness (QED) is 0.530. The molecule has 0 unspecified atom stereocenters. The number of methoxy groups -OCH3 is 3. The number of hydrogen-bond donors (Lipinski definition) is 1. The topological polar surface area (TPSA) is 86.6 Å². The molecule has 134 valence electrons. The van der Waals surface area contributed by atoms with Gasteiger partial charge in [-0.3, -0.25) is 4.98 Å². The van der Waals surface area contributed by atoms with Crippen LogP contribution in [-0.2, 0) is 0 Å². The van der Waals surface area contributed by atoms with Crippen LogP contribution in [0.3, 0.4) is 0 Å².